The summed E-state index contributed by atoms with van der Waals surface area (Å²) in [5, 5.41) is 1.69. The summed E-state index contributed by atoms with van der Waals surface area (Å²) in [6.45, 7) is 14.4. The molecule has 0 bridgehead atoms. The van der Waals surface area contributed by atoms with E-state index in [1.807, 2.05) is 37.3 Å². The van der Waals surface area contributed by atoms with Crippen molar-refractivity contribution in [3.05, 3.63) is 69.1 Å². The Kier molecular flexibility index (Phi) is 8.36. The lowest BCUT2D eigenvalue weighted by Gasteiger charge is -2.36. The summed E-state index contributed by atoms with van der Waals surface area (Å²) in [5.74, 6) is 2.67. The van der Waals surface area contributed by atoms with Crippen LogP contribution in [0.2, 0.25) is 18.1 Å². The molecule has 2 aromatic rings. The molecule has 7 heteroatoms. The molecule has 1 aromatic carbocycles. The van der Waals surface area contributed by atoms with Gasteiger partial charge in [0, 0.05) is 22.1 Å². The van der Waals surface area contributed by atoms with E-state index in [-0.39, 0.29) is 10.5 Å². The van der Waals surface area contributed by atoms with Crippen LogP contribution >= 0.6 is 11.8 Å². The van der Waals surface area contributed by atoms with Crippen LogP contribution in [-0.2, 0) is 16.6 Å². The van der Waals surface area contributed by atoms with Crippen molar-refractivity contribution in [1.82, 2.24) is 0 Å². The zero-order valence-corrected chi connectivity index (χ0v) is 21.5. The molecule has 0 fully saturated rings. The van der Waals surface area contributed by atoms with Crippen molar-refractivity contribution in [2.24, 2.45) is 0 Å². The summed E-state index contributed by atoms with van der Waals surface area (Å²) in [7, 11) is -3.32. The lowest BCUT2D eigenvalue weighted by atomic mass is 10.2. The molecular weight excluding hydrogens is 432 g/mol. The van der Waals surface area contributed by atoms with Crippen molar-refractivity contribution in [2.75, 3.05) is 5.75 Å². The highest BCUT2D eigenvalue weighted by Gasteiger charge is 2.40. The summed E-state index contributed by atoms with van der Waals surface area (Å²) < 4.78 is 24.5. The van der Waals surface area contributed by atoms with Gasteiger partial charge in [-0.1, -0.05) is 44.5 Å². The van der Waals surface area contributed by atoms with Crippen LogP contribution in [0.4, 0.5) is 0 Å². The highest BCUT2D eigenvalue weighted by atomic mass is 32.2. The van der Waals surface area contributed by atoms with E-state index in [0.717, 1.165) is 10.5 Å². The van der Waals surface area contributed by atoms with Crippen molar-refractivity contribution in [2.45, 2.75) is 63.4 Å². The molecule has 0 spiro atoms. The number of hydrogen-bond acceptors (Lipinski definition) is 5. The molecule has 0 saturated heterocycles. The van der Waals surface area contributed by atoms with Gasteiger partial charge in [0.05, 0.1) is 16.6 Å². The van der Waals surface area contributed by atoms with Gasteiger partial charge in [-0.25, -0.2) is 4.21 Å². The van der Waals surface area contributed by atoms with Gasteiger partial charge in [-0.15, -0.1) is 11.8 Å². The minimum absolute atomic E-state index is 0.0164. The molecule has 4 nitrogen and oxygen atoms in total. The molecule has 164 valence electrons. The predicted octanol–water partition coefficient (Wildman–Crippen LogP) is 6.20. The van der Waals surface area contributed by atoms with E-state index in [4.69, 9.17) is 8.84 Å². The summed E-state index contributed by atoms with van der Waals surface area (Å²) >= 11 is 1.59. The van der Waals surface area contributed by atoms with Crippen LogP contribution in [0, 0.1) is 13.8 Å². The van der Waals surface area contributed by atoms with Gasteiger partial charge in [0.25, 0.3) is 8.32 Å². The Bertz CT molecular complexity index is 970. The molecule has 0 saturated carbocycles. The minimum atomic E-state index is -2.16. The van der Waals surface area contributed by atoms with Gasteiger partial charge in [0.2, 0.25) is 5.43 Å². The van der Waals surface area contributed by atoms with Crippen LogP contribution in [0.15, 0.2) is 55.9 Å². The number of hydrogen-bond donors (Lipinski definition) is 0. The second-order valence-electron chi connectivity index (χ2n) is 8.83. The number of thioether (sulfide) groups is 1. The maximum atomic E-state index is 12.6. The molecule has 1 aromatic heterocycles. The van der Waals surface area contributed by atoms with E-state index >= 15 is 0 Å². The second kappa shape index (κ2) is 10.2. The highest BCUT2D eigenvalue weighted by Crippen LogP contribution is 2.37. The Hall–Kier alpha value is -1.57. The van der Waals surface area contributed by atoms with E-state index in [0.29, 0.717) is 28.8 Å². The summed E-state index contributed by atoms with van der Waals surface area (Å²) in [6, 6.07) is 9.17. The lowest BCUT2D eigenvalue weighted by molar-refractivity contribution is 0.419. The first-order chi connectivity index (χ1) is 13.9. The van der Waals surface area contributed by atoms with Gasteiger partial charge in [0.1, 0.15) is 5.76 Å². The average molecular weight is 465 g/mol. The standard InChI is InChI=1S/C23H32O4S2Si/c1-17-9-11-19(12-10-17)29(25)14-8-13-28-16-21-22(20(24)15-18(2)26-21)27-30(6,7)23(3,4)5/h8-12,14-15H,13,16H2,1-7H3/b14-8+/t29-/m1/s1. The van der Waals surface area contributed by atoms with Crippen LogP contribution in [0.25, 0.3) is 0 Å². The zero-order chi connectivity index (χ0) is 22.5. The topological polar surface area (TPSA) is 56.5 Å². The van der Waals surface area contributed by atoms with Crippen LogP contribution in [-0.4, -0.2) is 18.3 Å². The maximum absolute atomic E-state index is 12.6. The summed E-state index contributed by atoms with van der Waals surface area (Å²) in [6.07, 6.45) is 1.89. The molecule has 0 unspecified atom stereocenters. The lowest BCUT2D eigenvalue weighted by Crippen LogP contribution is -2.45. The molecule has 0 aliphatic heterocycles. The van der Waals surface area contributed by atoms with Crippen LogP contribution in [0.5, 0.6) is 5.75 Å². The fourth-order valence-corrected chi connectivity index (χ4v) is 5.08. The maximum Gasteiger partial charge on any atom is 0.250 e. The van der Waals surface area contributed by atoms with E-state index in [1.54, 1.807) is 24.1 Å². The number of aryl methyl sites for hydroxylation is 2. The molecule has 1 atom stereocenters. The van der Waals surface area contributed by atoms with Gasteiger partial charge in [-0.3, -0.25) is 4.79 Å². The molecule has 0 radical (unpaired) electrons. The van der Waals surface area contributed by atoms with Crippen LogP contribution in [0.3, 0.4) is 0 Å². The fourth-order valence-electron chi connectivity index (χ4n) is 2.37. The smallest absolute Gasteiger partial charge is 0.250 e. The number of benzene rings is 1. The van der Waals surface area contributed by atoms with Crippen LogP contribution in [0.1, 0.15) is 37.9 Å². The van der Waals surface area contributed by atoms with Gasteiger partial charge < -0.3 is 8.84 Å². The Morgan fingerprint density at radius 3 is 2.40 bits per heavy atom. The average Bonchev–Trinajstić information content (AvgIpc) is 2.63. The van der Waals surface area contributed by atoms with Crippen LogP contribution < -0.4 is 9.85 Å². The largest absolute Gasteiger partial charge is 0.539 e. The fraction of sp³-hybridized carbons (Fsp3) is 0.435. The molecule has 0 N–H and O–H groups in total. The first-order valence-electron chi connectivity index (χ1n) is 9.95. The highest BCUT2D eigenvalue weighted by molar-refractivity contribution is 7.98. The Labute approximate surface area is 187 Å². The SMILES string of the molecule is Cc1ccc([S@](=O)/C=C/CSCc2oc(C)cc(=O)c2O[Si](C)(C)C(C)(C)C)cc1. The molecular formula is C23H32O4S2Si. The first kappa shape index (κ1) is 24.7. The third kappa shape index (κ3) is 6.72. The molecule has 0 aliphatic carbocycles. The molecule has 0 amide bonds. The molecule has 0 aliphatic rings. The third-order valence-electron chi connectivity index (χ3n) is 5.18. The second-order valence-corrected chi connectivity index (χ2v) is 15.9. The third-order valence-corrected chi connectivity index (χ3v) is 11.6. The Balaban J connectivity index is 2.05. The Morgan fingerprint density at radius 1 is 1.17 bits per heavy atom. The van der Waals surface area contributed by atoms with Gasteiger partial charge >= 0.3 is 0 Å². The van der Waals surface area contributed by atoms with Crippen molar-refractivity contribution in [3.63, 3.8) is 0 Å². The van der Waals surface area contributed by atoms with E-state index in [2.05, 4.69) is 33.9 Å². The van der Waals surface area contributed by atoms with Gasteiger partial charge in [-0.2, -0.15) is 0 Å². The number of rotatable bonds is 8. The first-order valence-corrected chi connectivity index (χ1v) is 15.2. The van der Waals surface area contributed by atoms with Gasteiger partial charge in [-0.05, 0) is 44.1 Å². The molecule has 1 heterocycles. The van der Waals surface area contributed by atoms with Crippen molar-refractivity contribution >= 4 is 30.9 Å². The minimum Gasteiger partial charge on any atom is -0.539 e. The quantitative estimate of drug-likeness (QED) is 0.344. The van der Waals surface area contributed by atoms with Crippen molar-refractivity contribution in [3.8, 4) is 5.75 Å². The summed E-state index contributed by atoms with van der Waals surface area (Å²) in [5.41, 5.74) is 1.01. The monoisotopic (exact) mass is 464 g/mol. The zero-order valence-electron chi connectivity index (χ0n) is 18.9. The predicted molar refractivity (Wildman–Crippen MR) is 130 cm³/mol. The van der Waals surface area contributed by atoms with Gasteiger partial charge in [0.15, 0.2) is 11.5 Å². The molecule has 30 heavy (non-hydrogen) atoms. The summed E-state index contributed by atoms with van der Waals surface area (Å²) in [4.78, 5) is 13.4. The van der Waals surface area contributed by atoms with E-state index < -0.39 is 19.1 Å². The van der Waals surface area contributed by atoms with Crippen molar-refractivity contribution in [1.29, 1.82) is 0 Å². The van der Waals surface area contributed by atoms with E-state index in [1.165, 1.54) is 6.07 Å². The van der Waals surface area contributed by atoms with E-state index in [9.17, 15) is 9.00 Å². The molecule has 2 rings (SSSR count). The normalized spacial score (nSPS) is 13.6. The Morgan fingerprint density at radius 2 is 1.80 bits per heavy atom. The van der Waals surface area contributed by atoms with Crippen molar-refractivity contribution < 1.29 is 13.1 Å².